The summed E-state index contributed by atoms with van der Waals surface area (Å²) in [5.41, 5.74) is 1.43. The predicted octanol–water partition coefficient (Wildman–Crippen LogP) is 2.01. The minimum Gasteiger partial charge on any atom is -0.356 e. The van der Waals surface area contributed by atoms with Crippen molar-refractivity contribution in [3.63, 3.8) is 0 Å². The number of amides is 1. The second-order valence-electron chi connectivity index (χ2n) is 6.18. The fourth-order valence-electron chi connectivity index (χ4n) is 2.52. The molecule has 6 heteroatoms. The van der Waals surface area contributed by atoms with Gasteiger partial charge in [-0.1, -0.05) is 23.7 Å². The number of guanidine groups is 1. The number of nitrogens with one attached hydrogen (secondary N) is 2. The standard InChI is InChI=1S/C17H25ClN4O/c1-19-16(20-10-7-15(23)22(2)3)21-12-17(8-9-17)13-5-4-6-14(18)11-13/h4-6,11H,7-10,12H2,1-3H3,(H2,19,20,21). The first kappa shape index (κ1) is 17.6. The van der Waals surface area contributed by atoms with Crippen LogP contribution >= 0.6 is 11.6 Å². The summed E-state index contributed by atoms with van der Waals surface area (Å²) in [6.07, 6.45) is 2.75. The minimum atomic E-state index is 0.102. The van der Waals surface area contributed by atoms with Crippen molar-refractivity contribution in [2.45, 2.75) is 24.7 Å². The largest absolute Gasteiger partial charge is 0.356 e. The second kappa shape index (κ2) is 7.68. The van der Waals surface area contributed by atoms with Crippen molar-refractivity contribution in [3.8, 4) is 0 Å². The van der Waals surface area contributed by atoms with Crippen LogP contribution in [-0.4, -0.2) is 51.0 Å². The normalized spacial score (nSPS) is 15.9. The highest BCUT2D eigenvalue weighted by atomic mass is 35.5. The lowest BCUT2D eigenvalue weighted by molar-refractivity contribution is -0.128. The number of aliphatic imine (C=N–C) groups is 1. The molecule has 1 aromatic rings. The lowest BCUT2D eigenvalue weighted by Gasteiger charge is -2.19. The first-order chi connectivity index (χ1) is 11.0. The Morgan fingerprint density at radius 2 is 2.09 bits per heavy atom. The van der Waals surface area contributed by atoms with E-state index in [-0.39, 0.29) is 11.3 Å². The zero-order valence-corrected chi connectivity index (χ0v) is 14.8. The molecule has 0 aliphatic heterocycles. The van der Waals surface area contributed by atoms with E-state index in [1.165, 1.54) is 5.56 Å². The van der Waals surface area contributed by atoms with E-state index in [0.717, 1.165) is 30.4 Å². The number of benzene rings is 1. The Hall–Kier alpha value is -1.75. The molecule has 1 fully saturated rings. The summed E-state index contributed by atoms with van der Waals surface area (Å²) in [4.78, 5) is 17.4. The van der Waals surface area contributed by atoms with Crippen LogP contribution in [0.15, 0.2) is 29.3 Å². The second-order valence-corrected chi connectivity index (χ2v) is 6.62. The number of nitrogens with zero attached hydrogens (tertiary/aromatic N) is 2. The van der Waals surface area contributed by atoms with E-state index in [1.54, 1.807) is 26.0 Å². The van der Waals surface area contributed by atoms with Gasteiger partial charge in [-0.05, 0) is 30.5 Å². The van der Waals surface area contributed by atoms with E-state index in [0.29, 0.717) is 13.0 Å². The summed E-state index contributed by atoms with van der Waals surface area (Å²) in [5.74, 6) is 0.829. The van der Waals surface area contributed by atoms with Crippen molar-refractivity contribution in [3.05, 3.63) is 34.9 Å². The summed E-state index contributed by atoms with van der Waals surface area (Å²) in [5, 5.41) is 7.32. The monoisotopic (exact) mass is 336 g/mol. The van der Waals surface area contributed by atoms with Crippen LogP contribution in [-0.2, 0) is 10.2 Å². The Balaban J connectivity index is 1.83. The molecule has 0 aromatic heterocycles. The van der Waals surface area contributed by atoms with Gasteiger partial charge in [-0.3, -0.25) is 9.79 Å². The lowest BCUT2D eigenvalue weighted by Crippen LogP contribution is -2.42. The first-order valence-corrected chi connectivity index (χ1v) is 8.25. The summed E-state index contributed by atoms with van der Waals surface area (Å²) < 4.78 is 0. The smallest absolute Gasteiger partial charge is 0.223 e. The topological polar surface area (TPSA) is 56.7 Å². The molecule has 0 radical (unpaired) electrons. The number of carbonyl (C=O) groups excluding carboxylic acids is 1. The molecule has 5 nitrogen and oxygen atoms in total. The quantitative estimate of drug-likeness (QED) is 0.617. The number of hydrogen-bond acceptors (Lipinski definition) is 2. The lowest BCUT2D eigenvalue weighted by atomic mass is 9.96. The zero-order chi connectivity index (χ0) is 16.9. The molecule has 126 valence electrons. The Morgan fingerprint density at radius 1 is 1.35 bits per heavy atom. The molecule has 0 spiro atoms. The van der Waals surface area contributed by atoms with Gasteiger partial charge in [-0.2, -0.15) is 0 Å². The Kier molecular flexibility index (Phi) is 5.88. The molecule has 1 saturated carbocycles. The molecule has 1 aliphatic rings. The van der Waals surface area contributed by atoms with Crippen LogP contribution < -0.4 is 10.6 Å². The fourth-order valence-corrected chi connectivity index (χ4v) is 2.71. The fraction of sp³-hybridized carbons (Fsp3) is 0.529. The molecular weight excluding hydrogens is 312 g/mol. The van der Waals surface area contributed by atoms with Gasteiger partial charge in [0, 0.05) is 51.1 Å². The van der Waals surface area contributed by atoms with Crippen molar-refractivity contribution in [2.75, 3.05) is 34.2 Å². The zero-order valence-electron chi connectivity index (χ0n) is 14.0. The van der Waals surface area contributed by atoms with Gasteiger partial charge in [0.15, 0.2) is 5.96 Å². The van der Waals surface area contributed by atoms with Crippen LogP contribution in [0.3, 0.4) is 0 Å². The van der Waals surface area contributed by atoms with Gasteiger partial charge < -0.3 is 15.5 Å². The van der Waals surface area contributed by atoms with Gasteiger partial charge in [-0.15, -0.1) is 0 Å². The third-order valence-electron chi connectivity index (χ3n) is 4.24. The molecule has 0 atom stereocenters. The Bertz CT molecular complexity index is 582. The van der Waals surface area contributed by atoms with E-state index in [4.69, 9.17) is 11.6 Å². The van der Waals surface area contributed by atoms with E-state index < -0.39 is 0 Å². The van der Waals surface area contributed by atoms with Gasteiger partial charge in [0.05, 0.1) is 0 Å². The molecule has 23 heavy (non-hydrogen) atoms. The number of halogens is 1. The van der Waals surface area contributed by atoms with Crippen LogP contribution in [0.2, 0.25) is 5.02 Å². The number of hydrogen-bond donors (Lipinski definition) is 2. The van der Waals surface area contributed by atoms with Crippen LogP contribution in [0.4, 0.5) is 0 Å². The maximum Gasteiger partial charge on any atom is 0.223 e. The van der Waals surface area contributed by atoms with Crippen molar-refractivity contribution in [2.24, 2.45) is 4.99 Å². The maximum atomic E-state index is 11.6. The van der Waals surface area contributed by atoms with E-state index in [9.17, 15) is 4.79 Å². The average molecular weight is 337 g/mol. The molecule has 0 bridgehead atoms. The number of rotatable bonds is 6. The highest BCUT2D eigenvalue weighted by molar-refractivity contribution is 6.30. The highest BCUT2D eigenvalue weighted by Crippen LogP contribution is 2.48. The molecule has 1 aromatic carbocycles. The summed E-state index contributed by atoms with van der Waals surface area (Å²) in [6.45, 7) is 1.38. The van der Waals surface area contributed by atoms with Gasteiger partial charge in [0.1, 0.15) is 0 Å². The first-order valence-electron chi connectivity index (χ1n) is 7.87. The van der Waals surface area contributed by atoms with Crippen molar-refractivity contribution < 1.29 is 4.79 Å². The SMILES string of the molecule is CN=C(NCCC(=O)N(C)C)NCC1(c2cccc(Cl)c2)CC1. The van der Waals surface area contributed by atoms with Gasteiger partial charge >= 0.3 is 0 Å². The average Bonchev–Trinajstić information content (AvgIpc) is 3.31. The van der Waals surface area contributed by atoms with Crippen LogP contribution in [0.25, 0.3) is 0 Å². The van der Waals surface area contributed by atoms with Crippen molar-refractivity contribution in [1.29, 1.82) is 0 Å². The summed E-state index contributed by atoms with van der Waals surface area (Å²) in [7, 11) is 5.26. The van der Waals surface area contributed by atoms with Gasteiger partial charge in [0.25, 0.3) is 0 Å². The van der Waals surface area contributed by atoms with E-state index in [1.807, 2.05) is 18.2 Å². The van der Waals surface area contributed by atoms with E-state index >= 15 is 0 Å². The highest BCUT2D eigenvalue weighted by Gasteiger charge is 2.44. The third-order valence-corrected chi connectivity index (χ3v) is 4.47. The molecule has 1 aliphatic carbocycles. The predicted molar refractivity (Wildman–Crippen MR) is 95.0 cm³/mol. The molecule has 1 amide bonds. The number of carbonyl (C=O) groups is 1. The molecule has 2 rings (SSSR count). The minimum absolute atomic E-state index is 0.102. The van der Waals surface area contributed by atoms with Crippen LogP contribution in [0.1, 0.15) is 24.8 Å². The molecule has 2 N–H and O–H groups in total. The Morgan fingerprint density at radius 3 is 2.65 bits per heavy atom. The summed E-state index contributed by atoms with van der Waals surface area (Å²) in [6, 6.07) is 8.07. The van der Waals surface area contributed by atoms with Crippen LogP contribution in [0, 0.1) is 0 Å². The van der Waals surface area contributed by atoms with Gasteiger partial charge in [0.2, 0.25) is 5.91 Å². The molecule has 0 heterocycles. The Labute approximate surface area is 143 Å². The van der Waals surface area contributed by atoms with Crippen molar-refractivity contribution >= 4 is 23.5 Å². The van der Waals surface area contributed by atoms with Crippen molar-refractivity contribution in [1.82, 2.24) is 15.5 Å². The van der Waals surface area contributed by atoms with Gasteiger partial charge in [-0.25, -0.2) is 0 Å². The van der Waals surface area contributed by atoms with E-state index in [2.05, 4.69) is 21.7 Å². The molecular formula is C17H25ClN4O. The summed E-state index contributed by atoms with van der Waals surface area (Å²) >= 11 is 6.10. The third kappa shape index (κ3) is 4.86. The molecule has 0 saturated heterocycles. The maximum absolute atomic E-state index is 11.6. The van der Waals surface area contributed by atoms with Crippen LogP contribution in [0.5, 0.6) is 0 Å². The molecule has 0 unspecified atom stereocenters.